The Morgan fingerprint density at radius 3 is 2.65 bits per heavy atom. The minimum atomic E-state index is -0.561. The quantitative estimate of drug-likeness (QED) is 0.912. The molecule has 1 aromatic rings. The second-order valence-corrected chi connectivity index (χ2v) is 7.70. The van der Waals surface area contributed by atoms with Gasteiger partial charge in [-0.3, -0.25) is 4.21 Å². The molecule has 4 heteroatoms. The molecular formula is C13H21NOS2. The Labute approximate surface area is 110 Å². The third kappa shape index (κ3) is 3.63. The lowest BCUT2D eigenvalue weighted by Gasteiger charge is -2.30. The highest BCUT2D eigenvalue weighted by atomic mass is 32.2. The van der Waals surface area contributed by atoms with Gasteiger partial charge in [0.2, 0.25) is 0 Å². The number of rotatable bonds is 4. The maximum absolute atomic E-state index is 11.3. The van der Waals surface area contributed by atoms with Crippen LogP contribution in [0.25, 0.3) is 0 Å². The Morgan fingerprint density at radius 2 is 2.12 bits per heavy atom. The van der Waals surface area contributed by atoms with E-state index in [0.29, 0.717) is 18.0 Å². The largest absolute Gasteiger partial charge is 0.306 e. The van der Waals surface area contributed by atoms with E-state index in [0.717, 1.165) is 24.3 Å². The van der Waals surface area contributed by atoms with Gasteiger partial charge in [-0.15, -0.1) is 11.3 Å². The Balaban J connectivity index is 1.96. The van der Waals surface area contributed by atoms with Crippen LogP contribution in [0.1, 0.15) is 37.6 Å². The van der Waals surface area contributed by atoms with Crippen LogP contribution in [0.2, 0.25) is 0 Å². The van der Waals surface area contributed by atoms with E-state index in [1.54, 1.807) is 0 Å². The van der Waals surface area contributed by atoms with Crippen LogP contribution in [0.5, 0.6) is 0 Å². The molecular weight excluding hydrogens is 250 g/mol. The number of nitrogens with one attached hydrogen (secondary N) is 1. The van der Waals surface area contributed by atoms with Gasteiger partial charge in [-0.05, 0) is 30.2 Å². The van der Waals surface area contributed by atoms with Crippen molar-refractivity contribution >= 4 is 22.1 Å². The third-order valence-electron chi connectivity index (χ3n) is 3.32. The number of thiophene rings is 1. The molecule has 0 aromatic carbocycles. The zero-order valence-corrected chi connectivity index (χ0v) is 12.2. The summed E-state index contributed by atoms with van der Waals surface area (Å²) in [6.45, 7) is 4.52. The van der Waals surface area contributed by atoms with Crippen molar-refractivity contribution in [3.05, 3.63) is 22.4 Å². The molecule has 2 heterocycles. The van der Waals surface area contributed by atoms with Crippen LogP contribution in [0.3, 0.4) is 0 Å². The van der Waals surface area contributed by atoms with Crippen LogP contribution in [0.15, 0.2) is 17.5 Å². The molecule has 0 saturated carbocycles. The SMILES string of the molecule is CC(C)C(NC1CCS(=O)CC1)c1cccs1. The minimum Gasteiger partial charge on any atom is -0.306 e. The molecule has 0 radical (unpaired) electrons. The predicted molar refractivity (Wildman–Crippen MR) is 75.9 cm³/mol. The zero-order chi connectivity index (χ0) is 12.3. The fraction of sp³-hybridized carbons (Fsp3) is 0.692. The smallest absolute Gasteiger partial charge is 0.0440 e. The summed E-state index contributed by atoms with van der Waals surface area (Å²) in [6.07, 6.45) is 2.11. The summed E-state index contributed by atoms with van der Waals surface area (Å²) in [6, 6.07) is 5.32. The van der Waals surface area contributed by atoms with Gasteiger partial charge in [-0.2, -0.15) is 0 Å². The van der Waals surface area contributed by atoms with Crippen molar-refractivity contribution < 1.29 is 4.21 Å². The molecule has 17 heavy (non-hydrogen) atoms. The molecule has 1 aliphatic rings. The van der Waals surface area contributed by atoms with Gasteiger partial charge in [0, 0.05) is 39.3 Å². The highest BCUT2D eigenvalue weighted by molar-refractivity contribution is 7.85. The molecule has 96 valence electrons. The van der Waals surface area contributed by atoms with Crippen LogP contribution >= 0.6 is 11.3 Å². The molecule has 1 fully saturated rings. The van der Waals surface area contributed by atoms with Crippen LogP contribution in [0, 0.1) is 5.92 Å². The molecule has 0 amide bonds. The predicted octanol–water partition coefficient (Wildman–Crippen LogP) is 2.95. The molecule has 1 atom stereocenters. The van der Waals surface area contributed by atoms with Gasteiger partial charge >= 0.3 is 0 Å². The highest BCUT2D eigenvalue weighted by Crippen LogP contribution is 2.27. The number of hydrogen-bond acceptors (Lipinski definition) is 3. The second-order valence-electron chi connectivity index (χ2n) is 5.03. The van der Waals surface area contributed by atoms with Crippen molar-refractivity contribution in [2.24, 2.45) is 5.92 Å². The van der Waals surface area contributed by atoms with Gasteiger partial charge in [0.15, 0.2) is 0 Å². The summed E-state index contributed by atoms with van der Waals surface area (Å²) in [7, 11) is -0.561. The van der Waals surface area contributed by atoms with Gasteiger partial charge in [0.25, 0.3) is 0 Å². The Kier molecular flexibility index (Phi) is 4.77. The van der Waals surface area contributed by atoms with E-state index in [1.807, 2.05) is 11.3 Å². The lowest BCUT2D eigenvalue weighted by atomic mass is 10.00. The molecule has 1 aromatic heterocycles. The lowest BCUT2D eigenvalue weighted by Crippen LogP contribution is -2.39. The zero-order valence-electron chi connectivity index (χ0n) is 10.5. The second kappa shape index (κ2) is 6.12. The molecule has 0 bridgehead atoms. The first-order valence-electron chi connectivity index (χ1n) is 6.31. The molecule has 0 spiro atoms. The maximum Gasteiger partial charge on any atom is 0.0440 e. The third-order valence-corrected chi connectivity index (χ3v) is 5.66. The Hall–Kier alpha value is -0.190. The summed E-state index contributed by atoms with van der Waals surface area (Å²) in [5.74, 6) is 2.33. The van der Waals surface area contributed by atoms with Gasteiger partial charge in [-0.25, -0.2) is 0 Å². The first-order chi connectivity index (χ1) is 8.16. The van der Waals surface area contributed by atoms with Crippen molar-refractivity contribution in [2.45, 2.75) is 38.8 Å². The molecule has 2 nitrogen and oxygen atoms in total. The van der Waals surface area contributed by atoms with E-state index in [-0.39, 0.29) is 0 Å². The highest BCUT2D eigenvalue weighted by Gasteiger charge is 2.23. The fourth-order valence-electron chi connectivity index (χ4n) is 2.29. The van der Waals surface area contributed by atoms with E-state index in [2.05, 4.69) is 36.7 Å². The first kappa shape index (κ1) is 13.2. The van der Waals surface area contributed by atoms with Crippen molar-refractivity contribution in [2.75, 3.05) is 11.5 Å². The normalized spacial score (nSPS) is 27.2. The maximum atomic E-state index is 11.3. The number of hydrogen-bond donors (Lipinski definition) is 1. The summed E-state index contributed by atoms with van der Waals surface area (Å²) < 4.78 is 11.3. The molecule has 1 saturated heterocycles. The summed E-state index contributed by atoms with van der Waals surface area (Å²) in [5, 5.41) is 5.90. The Morgan fingerprint density at radius 1 is 1.41 bits per heavy atom. The van der Waals surface area contributed by atoms with Crippen molar-refractivity contribution in [3.8, 4) is 0 Å². The Bertz CT molecular complexity index is 352. The van der Waals surface area contributed by atoms with Crippen LogP contribution in [-0.2, 0) is 10.8 Å². The standard InChI is InChI=1S/C13H21NOS2/c1-10(2)13(12-4-3-7-16-12)14-11-5-8-17(15)9-6-11/h3-4,7,10-11,13-14H,5-6,8-9H2,1-2H3. The van der Waals surface area contributed by atoms with E-state index < -0.39 is 10.8 Å². The van der Waals surface area contributed by atoms with Crippen LogP contribution < -0.4 is 5.32 Å². The molecule has 2 rings (SSSR count). The van der Waals surface area contributed by atoms with Gasteiger partial charge < -0.3 is 5.32 Å². The lowest BCUT2D eigenvalue weighted by molar-refractivity contribution is 0.348. The summed E-state index contributed by atoms with van der Waals surface area (Å²) in [5.41, 5.74) is 0. The van der Waals surface area contributed by atoms with Crippen LogP contribution in [-0.4, -0.2) is 21.8 Å². The van der Waals surface area contributed by atoms with E-state index in [1.165, 1.54) is 4.88 Å². The van der Waals surface area contributed by atoms with Gasteiger partial charge in [-0.1, -0.05) is 19.9 Å². The van der Waals surface area contributed by atoms with Gasteiger partial charge in [0.05, 0.1) is 0 Å². The van der Waals surface area contributed by atoms with Gasteiger partial charge in [0.1, 0.15) is 0 Å². The van der Waals surface area contributed by atoms with Crippen molar-refractivity contribution in [3.63, 3.8) is 0 Å². The topological polar surface area (TPSA) is 29.1 Å². The summed E-state index contributed by atoms with van der Waals surface area (Å²) in [4.78, 5) is 1.42. The van der Waals surface area contributed by atoms with Crippen molar-refractivity contribution in [1.29, 1.82) is 0 Å². The molecule has 1 N–H and O–H groups in total. The summed E-state index contributed by atoms with van der Waals surface area (Å²) >= 11 is 1.83. The molecule has 1 unspecified atom stereocenters. The average Bonchev–Trinajstić information content (AvgIpc) is 2.81. The first-order valence-corrected chi connectivity index (χ1v) is 8.68. The molecule has 0 aliphatic carbocycles. The average molecular weight is 271 g/mol. The van der Waals surface area contributed by atoms with E-state index >= 15 is 0 Å². The van der Waals surface area contributed by atoms with E-state index in [4.69, 9.17) is 0 Å². The molecule has 1 aliphatic heterocycles. The van der Waals surface area contributed by atoms with E-state index in [9.17, 15) is 4.21 Å². The minimum absolute atomic E-state index is 0.450. The van der Waals surface area contributed by atoms with Crippen molar-refractivity contribution in [1.82, 2.24) is 5.32 Å². The van der Waals surface area contributed by atoms with Crippen LogP contribution in [0.4, 0.5) is 0 Å². The fourth-order valence-corrected chi connectivity index (χ4v) is 4.54. The monoisotopic (exact) mass is 271 g/mol.